The molecule has 2 aliphatic carbocycles. The molecule has 0 amide bonds. The van der Waals surface area contributed by atoms with E-state index in [1.165, 1.54) is 34.8 Å². The molecule has 1 saturated heterocycles. The highest BCUT2D eigenvalue weighted by atomic mass is 35.5. The quantitative estimate of drug-likeness (QED) is 0.218. The van der Waals surface area contributed by atoms with E-state index in [9.17, 15) is 14.0 Å². The van der Waals surface area contributed by atoms with Crippen LogP contribution in [0.15, 0.2) is 64.2 Å². The van der Waals surface area contributed by atoms with Gasteiger partial charge in [0.25, 0.3) is 0 Å². The van der Waals surface area contributed by atoms with Gasteiger partial charge in [0.15, 0.2) is 16.7 Å². The highest BCUT2D eigenvalue weighted by molar-refractivity contribution is 7.22. The Kier molecular flexibility index (Phi) is 7.99. The number of rotatable bonds is 2. The van der Waals surface area contributed by atoms with Gasteiger partial charge in [-0.25, -0.2) is 14.4 Å². The molecule has 1 N–H and O–H groups in total. The van der Waals surface area contributed by atoms with Gasteiger partial charge in [-0.1, -0.05) is 23.2 Å². The average molecular weight is 641 g/mol. The molecule has 7 nitrogen and oxygen atoms in total. The van der Waals surface area contributed by atoms with Crippen LogP contribution in [-0.2, 0) is 0 Å². The first kappa shape index (κ1) is 28.7. The number of halogens is 3. The second-order valence-electron chi connectivity index (χ2n) is 9.99. The molecule has 0 radical (unpaired) electrons. The van der Waals surface area contributed by atoms with Crippen molar-refractivity contribution in [1.82, 2.24) is 15.3 Å². The molecular formula is C30H24Cl2FN5O2S2. The maximum atomic E-state index is 13.7. The number of benzene rings is 4. The first-order valence-corrected chi connectivity index (χ1v) is 15.5. The molecule has 0 bridgehead atoms. The highest BCUT2D eigenvalue weighted by Gasteiger charge is 2.18. The van der Waals surface area contributed by atoms with E-state index in [4.69, 9.17) is 23.2 Å². The number of hydrogen-bond acceptors (Lipinski definition) is 9. The molecule has 0 atom stereocenters. The fraction of sp³-hybridized carbons (Fsp3) is 0.200. The van der Waals surface area contributed by atoms with E-state index in [2.05, 4.69) is 26.3 Å². The molecule has 0 saturated carbocycles. The maximum Gasteiger partial charge on any atom is 0.183 e. The van der Waals surface area contributed by atoms with Crippen LogP contribution >= 0.6 is 45.9 Å². The van der Waals surface area contributed by atoms with Crippen molar-refractivity contribution in [3.63, 3.8) is 0 Å². The van der Waals surface area contributed by atoms with Gasteiger partial charge in [0.1, 0.15) is 5.69 Å². The molecule has 0 aromatic heterocycles. The molecule has 2 aromatic rings. The van der Waals surface area contributed by atoms with Gasteiger partial charge in [0.05, 0.1) is 45.9 Å². The third-order valence-corrected chi connectivity index (χ3v) is 9.57. The Balaban J connectivity index is 0.000000153. The third kappa shape index (κ3) is 5.77. The Morgan fingerprint density at radius 1 is 0.833 bits per heavy atom. The number of hydrogen-bond donors (Lipinski definition) is 1. The molecule has 7 rings (SSSR count). The lowest BCUT2D eigenvalue weighted by Gasteiger charge is -2.29. The van der Waals surface area contributed by atoms with Gasteiger partial charge in [-0.05, 0) is 30.3 Å². The molecule has 214 valence electrons. The molecule has 5 aliphatic rings. The first-order valence-electron chi connectivity index (χ1n) is 13.1. The summed E-state index contributed by atoms with van der Waals surface area (Å²) in [4.78, 5) is 37.5. The average Bonchev–Trinajstić information content (AvgIpc) is 2.96. The number of piperazine rings is 1. The smallest absolute Gasteiger partial charge is 0.183 e. The summed E-state index contributed by atoms with van der Waals surface area (Å²) in [6.07, 6.45) is 0. The maximum absolute atomic E-state index is 13.7. The van der Waals surface area contributed by atoms with Crippen LogP contribution < -0.4 is 26.0 Å². The predicted octanol–water partition coefficient (Wildman–Crippen LogP) is 6.44. The predicted molar refractivity (Wildman–Crippen MR) is 174 cm³/mol. The van der Waals surface area contributed by atoms with Crippen molar-refractivity contribution in [1.29, 1.82) is 0 Å². The lowest BCUT2D eigenvalue weighted by Crippen LogP contribution is -2.43. The fourth-order valence-electron chi connectivity index (χ4n) is 4.75. The molecule has 12 heteroatoms. The summed E-state index contributed by atoms with van der Waals surface area (Å²) in [5, 5.41) is 4.32. The van der Waals surface area contributed by atoms with Crippen molar-refractivity contribution in [3.05, 3.63) is 90.9 Å². The summed E-state index contributed by atoms with van der Waals surface area (Å²) >= 11 is 15.5. The van der Waals surface area contributed by atoms with Crippen molar-refractivity contribution in [3.8, 4) is 21.1 Å². The van der Waals surface area contributed by atoms with Crippen molar-refractivity contribution < 1.29 is 4.39 Å². The lowest BCUT2D eigenvalue weighted by molar-refractivity contribution is 0.589. The van der Waals surface area contributed by atoms with E-state index in [0.717, 1.165) is 68.9 Å². The van der Waals surface area contributed by atoms with Gasteiger partial charge >= 0.3 is 0 Å². The Hall–Kier alpha value is -3.41. The molecule has 3 aliphatic heterocycles. The van der Waals surface area contributed by atoms with Crippen LogP contribution in [0.1, 0.15) is 0 Å². The summed E-state index contributed by atoms with van der Waals surface area (Å²) in [7, 11) is 3.91. The SMILES string of the molecule is CN(C)c1ccc2nc3c(F)cc(=O)cc-3sc2c1.O=c1cc2sc3cc(N4CCNCC4)cc(Cl)c3nc-2c(Cl)c1. The Bertz CT molecular complexity index is 2010. The van der Waals surface area contributed by atoms with Gasteiger partial charge in [-0.2, -0.15) is 0 Å². The lowest BCUT2D eigenvalue weighted by atomic mass is 10.2. The number of anilines is 2. The van der Waals surface area contributed by atoms with Crippen molar-refractivity contribution in [2.75, 3.05) is 50.1 Å². The largest absolute Gasteiger partial charge is 0.378 e. The highest BCUT2D eigenvalue weighted by Crippen LogP contribution is 2.38. The number of nitrogens with one attached hydrogen (secondary N) is 1. The normalized spacial score (nSPS) is 13.5. The molecule has 0 spiro atoms. The van der Waals surface area contributed by atoms with Crippen LogP contribution in [0.2, 0.25) is 10.0 Å². The van der Waals surface area contributed by atoms with Crippen molar-refractivity contribution in [2.24, 2.45) is 0 Å². The van der Waals surface area contributed by atoms with Crippen molar-refractivity contribution >= 4 is 77.7 Å². The van der Waals surface area contributed by atoms with E-state index in [1.54, 1.807) is 6.07 Å². The van der Waals surface area contributed by atoms with Gasteiger partial charge in [0, 0.05) is 75.9 Å². The minimum Gasteiger partial charge on any atom is -0.378 e. The zero-order valence-corrected chi connectivity index (χ0v) is 25.7. The Morgan fingerprint density at radius 2 is 1.52 bits per heavy atom. The summed E-state index contributed by atoms with van der Waals surface area (Å²) in [6.45, 7) is 3.82. The Labute approximate surface area is 258 Å². The van der Waals surface area contributed by atoms with Crippen LogP contribution in [0, 0.1) is 5.82 Å². The molecule has 3 heterocycles. The minimum absolute atomic E-state index is 0.107. The van der Waals surface area contributed by atoms with Crippen LogP contribution in [-0.4, -0.2) is 50.2 Å². The number of nitrogens with zero attached hydrogens (tertiary/aromatic N) is 4. The van der Waals surface area contributed by atoms with Crippen molar-refractivity contribution in [2.45, 2.75) is 0 Å². The summed E-state index contributed by atoms with van der Waals surface area (Å²) in [6, 6.07) is 15.2. The number of aromatic nitrogens is 2. The van der Waals surface area contributed by atoms with E-state index < -0.39 is 5.82 Å². The summed E-state index contributed by atoms with van der Waals surface area (Å²) < 4.78 is 15.6. The van der Waals surface area contributed by atoms with Gasteiger partial charge in [0.2, 0.25) is 0 Å². The molecular weight excluding hydrogens is 616 g/mol. The van der Waals surface area contributed by atoms with Gasteiger partial charge in [-0.15, -0.1) is 22.7 Å². The zero-order valence-electron chi connectivity index (χ0n) is 22.6. The van der Waals surface area contributed by atoms with E-state index in [1.807, 2.05) is 43.3 Å². The zero-order chi connectivity index (χ0) is 29.5. The monoisotopic (exact) mass is 639 g/mol. The summed E-state index contributed by atoms with van der Waals surface area (Å²) in [5.74, 6) is -0.558. The molecule has 0 unspecified atom stereocenters. The first-order chi connectivity index (χ1) is 20.2. The topological polar surface area (TPSA) is 78.4 Å². The number of fused-ring (bicyclic) bond motifs is 4. The van der Waals surface area contributed by atoms with Gasteiger partial charge < -0.3 is 15.1 Å². The molecule has 1 fully saturated rings. The van der Waals surface area contributed by atoms with Crippen LogP contribution in [0.3, 0.4) is 0 Å². The van der Waals surface area contributed by atoms with E-state index in [0.29, 0.717) is 20.6 Å². The second-order valence-corrected chi connectivity index (χ2v) is 13.0. The second kappa shape index (κ2) is 11.7. The van der Waals surface area contributed by atoms with E-state index >= 15 is 0 Å². The Morgan fingerprint density at radius 3 is 2.26 bits per heavy atom. The fourth-order valence-corrected chi connectivity index (χ4v) is 7.51. The van der Waals surface area contributed by atoms with Crippen LogP contribution in [0.5, 0.6) is 0 Å². The third-order valence-electron chi connectivity index (χ3n) is 6.85. The molecule has 42 heavy (non-hydrogen) atoms. The minimum atomic E-state index is -0.558. The van der Waals surface area contributed by atoms with Crippen LogP contribution in [0.25, 0.3) is 41.6 Å². The van der Waals surface area contributed by atoms with Crippen LogP contribution in [0.4, 0.5) is 15.8 Å². The van der Waals surface area contributed by atoms with E-state index in [-0.39, 0.29) is 16.6 Å². The van der Waals surface area contributed by atoms with Gasteiger partial charge in [-0.3, -0.25) is 9.59 Å². The molecule has 2 aromatic carbocycles. The standard InChI is InChI=1S/C16H13Cl2N3OS.C14H11FN2OS/c17-11-5-9(21-3-1-19-2-4-21)6-13-15(11)20-16-12(18)7-10(22)8-14(16)23-13;1-17(2)8-3-4-11-12(5-8)19-13-7-9(18)6-10(15)14(13)16-11/h5-8,19H,1-4H2;3-7H,1-2H3. The summed E-state index contributed by atoms with van der Waals surface area (Å²) in [5.41, 5.74) is 4.05.